The first kappa shape index (κ1) is 17.3. The van der Waals surface area contributed by atoms with Crippen LogP contribution in [-0.2, 0) is 9.59 Å². The predicted octanol–water partition coefficient (Wildman–Crippen LogP) is 2.63. The molecule has 0 spiro atoms. The van der Waals surface area contributed by atoms with Gasteiger partial charge in [-0.2, -0.15) is 0 Å². The molecule has 1 rings (SSSR count). The number of amides is 2. The summed E-state index contributed by atoms with van der Waals surface area (Å²) >= 11 is 1.74. The second-order valence-corrected chi connectivity index (χ2v) is 7.12. The van der Waals surface area contributed by atoms with Gasteiger partial charge in [0.2, 0.25) is 11.8 Å². The Morgan fingerprint density at radius 2 is 1.95 bits per heavy atom. The normalized spacial score (nSPS) is 24.0. The van der Waals surface area contributed by atoms with Gasteiger partial charge < -0.3 is 10.2 Å². The van der Waals surface area contributed by atoms with E-state index in [0.29, 0.717) is 18.1 Å². The Bertz CT molecular complexity index is 347. The number of nitrogens with one attached hydrogen (secondary N) is 1. The highest BCUT2D eigenvalue weighted by atomic mass is 32.2. The van der Waals surface area contributed by atoms with Crippen molar-refractivity contribution in [1.82, 2.24) is 10.2 Å². The lowest BCUT2D eigenvalue weighted by atomic mass is 10.1. The Morgan fingerprint density at radius 3 is 2.45 bits per heavy atom. The van der Waals surface area contributed by atoms with Crippen LogP contribution in [0.15, 0.2) is 0 Å². The van der Waals surface area contributed by atoms with Gasteiger partial charge in [0.05, 0.1) is 5.37 Å². The molecule has 1 aliphatic rings. The first-order valence-electron chi connectivity index (χ1n) is 7.63. The van der Waals surface area contributed by atoms with Crippen molar-refractivity contribution in [2.24, 2.45) is 5.92 Å². The molecule has 116 valence electrons. The Labute approximate surface area is 127 Å². The maximum absolute atomic E-state index is 12.4. The topological polar surface area (TPSA) is 49.4 Å². The summed E-state index contributed by atoms with van der Waals surface area (Å²) in [7, 11) is 0. The van der Waals surface area contributed by atoms with Gasteiger partial charge >= 0.3 is 0 Å². The zero-order chi connectivity index (χ0) is 15.3. The molecule has 1 saturated heterocycles. The van der Waals surface area contributed by atoms with E-state index in [2.05, 4.69) is 19.2 Å². The standard InChI is InChI=1S/C15H28N2O2S/c1-6-11(5)16-15(19)12-9-20-14(8-10(3)4)17(12)13(18)7-2/h10-12,14H,6-9H2,1-5H3,(H,16,19). The van der Waals surface area contributed by atoms with Crippen molar-refractivity contribution in [3.8, 4) is 0 Å². The van der Waals surface area contributed by atoms with Crippen LogP contribution in [0.1, 0.15) is 53.9 Å². The molecule has 1 aliphatic heterocycles. The van der Waals surface area contributed by atoms with Crippen LogP contribution in [0.2, 0.25) is 0 Å². The lowest BCUT2D eigenvalue weighted by Crippen LogP contribution is -2.51. The van der Waals surface area contributed by atoms with E-state index in [9.17, 15) is 9.59 Å². The molecular weight excluding hydrogens is 272 g/mol. The molecule has 1 heterocycles. The molecule has 1 fully saturated rings. The molecule has 0 aromatic heterocycles. The summed E-state index contributed by atoms with van der Waals surface area (Å²) in [5, 5.41) is 3.16. The zero-order valence-corrected chi connectivity index (χ0v) is 14.1. The summed E-state index contributed by atoms with van der Waals surface area (Å²) in [5.41, 5.74) is 0. The van der Waals surface area contributed by atoms with E-state index in [4.69, 9.17) is 0 Å². The van der Waals surface area contributed by atoms with Crippen molar-refractivity contribution in [1.29, 1.82) is 0 Å². The summed E-state index contributed by atoms with van der Waals surface area (Å²) in [4.78, 5) is 26.4. The largest absolute Gasteiger partial charge is 0.352 e. The van der Waals surface area contributed by atoms with Crippen molar-refractivity contribution in [2.75, 3.05) is 5.75 Å². The highest BCUT2D eigenvalue weighted by Crippen LogP contribution is 2.34. The monoisotopic (exact) mass is 300 g/mol. The van der Waals surface area contributed by atoms with Crippen molar-refractivity contribution < 1.29 is 9.59 Å². The Hall–Kier alpha value is -0.710. The number of nitrogens with zero attached hydrogens (tertiary/aromatic N) is 1. The van der Waals surface area contributed by atoms with E-state index in [1.54, 1.807) is 11.8 Å². The van der Waals surface area contributed by atoms with Crippen LogP contribution in [0.3, 0.4) is 0 Å². The summed E-state index contributed by atoms with van der Waals surface area (Å²) < 4.78 is 0. The van der Waals surface area contributed by atoms with Gasteiger partial charge in [0.15, 0.2) is 0 Å². The fourth-order valence-corrected chi connectivity index (χ4v) is 3.97. The van der Waals surface area contributed by atoms with Gasteiger partial charge in [0.1, 0.15) is 6.04 Å². The molecule has 3 unspecified atom stereocenters. The number of rotatable bonds is 6. The maximum atomic E-state index is 12.4. The second-order valence-electron chi connectivity index (χ2n) is 5.91. The fraction of sp³-hybridized carbons (Fsp3) is 0.867. The average molecular weight is 300 g/mol. The van der Waals surface area contributed by atoms with E-state index in [0.717, 1.165) is 12.8 Å². The van der Waals surface area contributed by atoms with Crippen LogP contribution >= 0.6 is 11.8 Å². The molecule has 5 heteroatoms. The number of thioether (sulfide) groups is 1. The highest BCUT2D eigenvalue weighted by molar-refractivity contribution is 8.00. The predicted molar refractivity (Wildman–Crippen MR) is 84.5 cm³/mol. The molecule has 0 aromatic carbocycles. The quantitative estimate of drug-likeness (QED) is 0.820. The number of carbonyl (C=O) groups is 2. The maximum Gasteiger partial charge on any atom is 0.243 e. The molecule has 0 saturated carbocycles. The van der Waals surface area contributed by atoms with E-state index < -0.39 is 0 Å². The molecule has 0 aliphatic carbocycles. The minimum atomic E-state index is -0.301. The zero-order valence-electron chi connectivity index (χ0n) is 13.3. The van der Waals surface area contributed by atoms with Crippen molar-refractivity contribution in [2.45, 2.75) is 71.3 Å². The van der Waals surface area contributed by atoms with Gasteiger partial charge in [0, 0.05) is 18.2 Å². The lowest BCUT2D eigenvalue weighted by molar-refractivity contribution is -0.140. The Morgan fingerprint density at radius 1 is 1.30 bits per heavy atom. The number of hydrogen-bond donors (Lipinski definition) is 1. The molecule has 20 heavy (non-hydrogen) atoms. The van der Waals surface area contributed by atoms with Gasteiger partial charge in [-0.25, -0.2) is 0 Å². The lowest BCUT2D eigenvalue weighted by Gasteiger charge is -2.30. The van der Waals surface area contributed by atoms with E-state index in [1.807, 2.05) is 25.7 Å². The van der Waals surface area contributed by atoms with Gasteiger partial charge in [-0.3, -0.25) is 9.59 Å². The molecule has 2 amide bonds. The van der Waals surface area contributed by atoms with Crippen LogP contribution < -0.4 is 5.32 Å². The first-order valence-corrected chi connectivity index (χ1v) is 8.68. The van der Waals surface area contributed by atoms with Crippen molar-refractivity contribution >= 4 is 23.6 Å². The van der Waals surface area contributed by atoms with Crippen LogP contribution in [0.4, 0.5) is 0 Å². The molecule has 3 atom stereocenters. The van der Waals surface area contributed by atoms with E-state index in [1.165, 1.54) is 0 Å². The fourth-order valence-electron chi connectivity index (χ4n) is 2.31. The minimum absolute atomic E-state index is 0.0000869. The molecule has 4 nitrogen and oxygen atoms in total. The third-order valence-electron chi connectivity index (χ3n) is 3.66. The molecule has 0 radical (unpaired) electrons. The smallest absolute Gasteiger partial charge is 0.243 e. The van der Waals surface area contributed by atoms with Crippen LogP contribution in [0.25, 0.3) is 0 Å². The van der Waals surface area contributed by atoms with Crippen molar-refractivity contribution in [3.05, 3.63) is 0 Å². The molecular formula is C15H28N2O2S. The minimum Gasteiger partial charge on any atom is -0.352 e. The van der Waals surface area contributed by atoms with E-state index in [-0.39, 0.29) is 29.3 Å². The van der Waals surface area contributed by atoms with Gasteiger partial charge in [-0.1, -0.05) is 27.7 Å². The summed E-state index contributed by atoms with van der Waals surface area (Å²) in [6.07, 6.45) is 2.31. The SMILES string of the molecule is CCC(=O)N1C(CC(C)C)SCC1C(=O)NC(C)CC. The third kappa shape index (κ3) is 4.40. The summed E-state index contributed by atoms with van der Waals surface area (Å²) in [6, 6.07) is -0.138. The first-order chi connectivity index (χ1) is 9.40. The molecule has 1 N–H and O–H groups in total. The molecule has 0 aromatic rings. The second kappa shape index (κ2) is 7.91. The third-order valence-corrected chi connectivity index (χ3v) is 4.97. The highest BCUT2D eigenvalue weighted by Gasteiger charge is 2.40. The summed E-state index contributed by atoms with van der Waals surface area (Å²) in [5.74, 6) is 1.33. The van der Waals surface area contributed by atoms with Gasteiger partial charge in [-0.05, 0) is 25.7 Å². The van der Waals surface area contributed by atoms with Crippen LogP contribution in [0, 0.1) is 5.92 Å². The average Bonchev–Trinajstić information content (AvgIpc) is 2.80. The van der Waals surface area contributed by atoms with Gasteiger partial charge in [-0.15, -0.1) is 11.8 Å². The van der Waals surface area contributed by atoms with Crippen molar-refractivity contribution in [3.63, 3.8) is 0 Å². The molecule has 0 bridgehead atoms. The summed E-state index contributed by atoms with van der Waals surface area (Å²) in [6.45, 7) is 10.2. The van der Waals surface area contributed by atoms with Crippen LogP contribution in [-0.4, -0.2) is 39.9 Å². The van der Waals surface area contributed by atoms with Gasteiger partial charge in [0.25, 0.3) is 0 Å². The van der Waals surface area contributed by atoms with Crippen LogP contribution in [0.5, 0.6) is 0 Å². The Kier molecular flexibility index (Phi) is 6.86. The Balaban J connectivity index is 2.79. The number of hydrogen-bond acceptors (Lipinski definition) is 3. The van der Waals surface area contributed by atoms with E-state index >= 15 is 0 Å². The number of carbonyl (C=O) groups excluding carboxylic acids is 2.